The largest absolute Gasteiger partial charge is 0.491 e. The van der Waals surface area contributed by atoms with Crippen LogP contribution in [-0.2, 0) is 14.8 Å². The molecule has 1 aliphatic heterocycles. The number of carbonyl (C=O) groups is 1. The molecule has 1 amide bonds. The number of hydrogen-bond donors (Lipinski definition) is 1. The third kappa shape index (κ3) is 5.86. The third-order valence-corrected chi connectivity index (χ3v) is 7.66. The lowest BCUT2D eigenvalue weighted by Crippen LogP contribution is -2.48. The van der Waals surface area contributed by atoms with E-state index in [0.717, 1.165) is 16.9 Å². The van der Waals surface area contributed by atoms with Crippen molar-refractivity contribution in [1.29, 1.82) is 0 Å². The number of carbonyl (C=O) groups excluding carboxylic acids is 1. The molecule has 0 bridgehead atoms. The Balaban J connectivity index is 1.56. The highest BCUT2D eigenvalue weighted by Crippen LogP contribution is 2.24. The molecule has 3 rings (SSSR count). The second-order valence-electron chi connectivity index (χ2n) is 8.48. The predicted molar refractivity (Wildman–Crippen MR) is 122 cm³/mol. The number of rotatable bonds is 7. The number of sulfonamides is 1. The zero-order valence-corrected chi connectivity index (χ0v) is 19.5. The van der Waals surface area contributed by atoms with Crippen molar-refractivity contribution >= 4 is 15.9 Å². The van der Waals surface area contributed by atoms with Gasteiger partial charge in [0.05, 0.1) is 16.9 Å². The van der Waals surface area contributed by atoms with Crippen molar-refractivity contribution in [3.63, 3.8) is 0 Å². The first-order valence-corrected chi connectivity index (χ1v) is 12.2. The van der Waals surface area contributed by atoms with Gasteiger partial charge >= 0.3 is 0 Å². The van der Waals surface area contributed by atoms with Crippen molar-refractivity contribution in [3.8, 4) is 5.75 Å². The molecule has 1 fully saturated rings. The molecular formula is C24H32N2O4S. The van der Waals surface area contributed by atoms with E-state index in [0.29, 0.717) is 26.0 Å². The van der Waals surface area contributed by atoms with Crippen molar-refractivity contribution in [2.45, 2.75) is 51.5 Å². The van der Waals surface area contributed by atoms with Crippen LogP contribution in [0.15, 0.2) is 47.4 Å². The summed E-state index contributed by atoms with van der Waals surface area (Å²) in [6, 6.07) is 12.6. The molecule has 2 aromatic rings. The highest BCUT2D eigenvalue weighted by atomic mass is 32.2. The van der Waals surface area contributed by atoms with Gasteiger partial charge < -0.3 is 10.1 Å². The van der Waals surface area contributed by atoms with E-state index in [1.165, 1.54) is 9.87 Å². The molecule has 7 heteroatoms. The molecule has 0 aromatic heterocycles. The van der Waals surface area contributed by atoms with E-state index in [4.69, 9.17) is 4.74 Å². The second-order valence-corrected chi connectivity index (χ2v) is 10.4. The van der Waals surface area contributed by atoms with E-state index >= 15 is 0 Å². The molecule has 0 spiro atoms. The molecule has 31 heavy (non-hydrogen) atoms. The fraction of sp³-hybridized carbons (Fsp3) is 0.458. The van der Waals surface area contributed by atoms with Crippen LogP contribution in [0.2, 0.25) is 0 Å². The normalized spacial score (nSPS) is 18.4. The number of hydrogen-bond acceptors (Lipinski definition) is 4. The SMILES string of the molecule is Cc1ccc(S(=O)(=O)N2CCCC(C(=O)NC(C)COc3ccc(C)c(C)c3)C2)cc1. The van der Waals surface area contributed by atoms with Crippen molar-refractivity contribution in [3.05, 3.63) is 59.2 Å². The topological polar surface area (TPSA) is 75.7 Å². The molecule has 2 atom stereocenters. The first-order chi connectivity index (χ1) is 14.7. The van der Waals surface area contributed by atoms with Gasteiger partial charge in [0.15, 0.2) is 0 Å². The second kappa shape index (κ2) is 9.83. The summed E-state index contributed by atoms with van der Waals surface area (Å²) in [7, 11) is -3.60. The van der Waals surface area contributed by atoms with E-state index in [1.54, 1.807) is 24.3 Å². The molecule has 1 saturated heterocycles. The zero-order chi connectivity index (χ0) is 22.6. The third-order valence-electron chi connectivity index (χ3n) is 5.78. The Bertz CT molecular complexity index is 1020. The van der Waals surface area contributed by atoms with E-state index in [2.05, 4.69) is 12.2 Å². The minimum atomic E-state index is -3.60. The average Bonchev–Trinajstić information content (AvgIpc) is 2.75. The van der Waals surface area contributed by atoms with Crippen LogP contribution in [0.4, 0.5) is 0 Å². The molecule has 6 nitrogen and oxygen atoms in total. The summed E-state index contributed by atoms with van der Waals surface area (Å²) >= 11 is 0. The maximum atomic E-state index is 13.0. The van der Waals surface area contributed by atoms with Gasteiger partial charge in [-0.05, 0) is 75.9 Å². The maximum Gasteiger partial charge on any atom is 0.243 e. The zero-order valence-electron chi connectivity index (χ0n) is 18.7. The van der Waals surface area contributed by atoms with Gasteiger partial charge in [0.1, 0.15) is 12.4 Å². The van der Waals surface area contributed by atoms with Crippen LogP contribution >= 0.6 is 0 Å². The Labute approximate surface area is 185 Å². The Kier molecular flexibility index (Phi) is 7.38. The minimum absolute atomic E-state index is 0.125. The number of ether oxygens (including phenoxy) is 1. The van der Waals surface area contributed by atoms with Gasteiger partial charge in [0, 0.05) is 13.1 Å². The molecule has 168 valence electrons. The quantitative estimate of drug-likeness (QED) is 0.708. The van der Waals surface area contributed by atoms with Gasteiger partial charge in [-0.25, -0.2) is 8.42 Å². The lowest BCUT2D eigenvalue weighted by atomic mass is 9.98. The summed E-state index contributed by atoms with van der Waals surface area (Å²) in [5.41, 5.74) is 3.37. The van der Waals surface area contributed by atoms with Crippen LogP contribution in [-0.4, -0.2) is 44.4 Å². The van der Waals surface area contributed by atoms with Crippen molar-refractivity contribution in [1.82, 2.24) is 9.62 Å². The standard InChI is InChI=1S/C24H32N2O4S/c1-17-7-11-23(12-8-17)31(28,29)26-13-5-6-21(15-26)24(27)25-20(4)16-30-22-10-9-18(2)19(3)14-22/h7-12,14,20-21H,5-6,13,15-16H2,1-4H3,(H,25,27). The monoisotopic (exact) mass is 444 g/mol. The van der Waals surface area contributed by atoms with Crippen LogP contribution in [0, 0.1) is 26.7 Å². The van der Waals surface area contributed by atoms with Crippen LogP contribution in [0.5, 0.6) is 5.75 Å². The smallest absolute Gasteiger partial charge is 0.243 e. The molecule has 1 heterocycles. The molecule has 0 aliphatic carbocycles. The van der Waals surface area contributed by atoms with Crippen LogP contribution < -0.4 is 10.1 Å². The Morgan fingerprint density at radius 1 is 1.13 bits per heavy atom. The van der Waals surface area contributed by atoms with Gasteiger partial charge in [-0.1, -0.05) is 23.8 Å². The predicted octanol–water partition coefficient (Wildman–Crippen LogP) is 3.60. The summed E-state index contributed by atoms with van der Waals surface area (Å²) in [5.74, 6) is 0.287. The highest BCUT2D eigenvalue weighted by Gasteiger charge is 2.33. The van der Waals surface area contributed by atoms with Gasteiger partial charge in [-0.2, -0.15) is 4.31 Å². The van der Waals surface area contributed by atoms with Crippen molar-refractivity contribution < 1.29 is 17.9 Å². The number of benzene rings is 2. The van der Waals surface area contributed by atoms with E-state index in [1.807, 2.05) is 39.0 Å². The number of amides is 1. The number of aryl methyl sites for hydroxylation is 3. The average molecular weight is 445 g/mol. The van der Waals surface area contributed by atoms with E-state index in [9.17, 15) is 13.2 Å². The lowest BCUT2D eigenvalue weighted by molar-refractivity contribution is -0.126. The van der Waals surface area contributed by atoms with Gasteiger partial charge in [-0.15, -0.1) is 0 Å². The molecule has 1 aliphatic rings. The first kappa shape index (κ1) is 23.3. The molecule has 2 aromatic carbocycles. The van der Waals surface area contributed by atoms with Crippen LogP contribution in [0.1, 0.15) is 36.5 Å². The molecule has 0 saturated carbocycles. The van der Waals surface area contributed by atoms with E-state index in [-0.39, 0.29) is 29.3 Å². The Morgan fingerprint density at radius 3 is 2.52 bits per heavy atom. The van der Waals surface area contributed by atoms with Crippen LogP contribution in [0.3, 0.4) is 0 Å². The van der Waals surface area contributed by atoms with Gasteiger partial charge in [0.2, 0.25) is 15.9 Å². The first-order valence-electron chi connectivity index (χ1n) is 10.7. The van der Waals surface area contributed by atoms with E-state index < -0.39 is 10.0 Å². The summed E-state index contributed by atoms with van der Waals surface area (Å²) in [6.07, 6.45) is 1.34. The Hall–Kier alpha value is -2.38. The van der Waals surface area contributed by atoms with Crippen molar-refractivity contribution in [2.24, 2.45) is 5.92 Å². The summed E-state index contributed by atoms with van der Waals surface area (Å²) < 4.78 is 33.2. The van der Waals surface area contributed by atoms with Crippen molar-refractivity contribution in [2.75, 3.05) is 19.7 Å². The lowest BCUT2D eigenvalue weighted by Gasteiger charge is -2.31. The number of nitrogens with one attached hydrogen (secondary N) is 1. The summed E-state index contributed by atoms with van der Waals surface area (Å²) in [6.45, 7) is 8.89. The fourth-order valence-corrected chi connectivity index (χ4v) is 5.19. The van der Waals surface area contributed by atoms with Crippen LogP contribution in [0.25, 0.3) is 0 Å². The summed E-state index contributed by atoms with van der Waals surface area (Å²) in [5, 5.41) is 2.98. The maximum absolute atomic E-state index is 13.0. The fourth-order valence-electron chi connectivity index (χ4n) is 3.66. The molecule has 2 unspecified atom stereocenters. The minimum Gasteiger partial charge on any atom is -0.491 e. The molecule has 1 N–H and O–H groups in total. The summed E-state index contributed by atoms with van der Waals surface area (Å²) in [4.78, 5) is 13.1. The van der Waals surface area contributed by atoms with Gasteiger partial charge in [-0.3, -0.25) is 4.79 Å². The number of nitrogens with zero attached hydrogens (tertiary/aromatic N) is 1. The van der Waals surface area contributed by atoms with Gasteiger partial charge in [0.25, 0.3) is 0 Å². The Morgan fingerprint density at radius 2 is 1.84 bits per heavy atom. The molecular weight excluding hydrogens is 412 g/mol. The number of piperidine rings is 1. The highest BCUT2D eigenvalue weighted by molar-refractivity contribution is 7.89. The molecule has 0 radical (unpaired) electrons.